The number of anilines is 8. The molecule has 12 rings (SSSR count). The zero-order valence-electron chi connectivity index (χ0n) is 33.3. The quantitative estimate of drug-likeness (QED) is 0.167. The summed E-state index contributed by atoms with van der Waals surface area (Å²) in [5.41, 5.74) is 21.1. The Hall–Kier alpha value is -6.00. The van der Waals surface area contributed by atoms with E-state index < -0.39 is 0 Å². The SMILES string of the molecule is CC1(C)c2cccc3c2B2c4c(cc(N5c6ccc(-c7ccccc7)cc6C6(C)CCCCC56C)cc4N(c4ccccc4)c4cccc1c42)N3c1ccccc1. The number of fused-ring (bicyclic) bond motifs is 3. The van der Waals surface area contributed by atoms with Gasteiger partial charge in [-0.3, -0.25) is 0 Å². The lowest BCUT2D eigenvalue weighted by Crippen LogP contribution is -2.67. The van der Waals surface area contributed by atoms with E-state index in [9.17, 15) is 0 Å². The minimum atomic E-state index is -0.162. The summed E-state index contributed by atoms with van der Waals surface area (Å²) in [7, 11) is 0. The van der Waals surface area contributed by atoms with Crippen LogP contribution in [-0.4, -0.2) is 12.3 Å². The van der Waals surface area contributed by atoms with Gasteiger partial charge in [0.15, 0.2) is 0 Å². The van der Waals surface area contributed by atoms with Gasteiger partial charge in [0, 0.05) is 56.3 Å². The number of rotatable bonds is 4. The fourth-order valence-electron chi connectivity index (χ4n) is 12.1. The molecule has 4 heteroatoms. The van der Waals surface area contributed by atoms with Gasteiger partial charge in [-0.25, -0.2) is 0 Å². The zero-order valence-corrected chi connectivity index (χ0v) is 33.3. The molecule has 1 saturated carbocycles. The van der Waals surface area contributed by atoms with Crippen LogP contribution in [0.2, 0.25) is 0 Å². The fraction of sp³-hybridized carbons (Fsp3) is 0.208. The maximum Gasteiger partial charge on any atom is 0.252 e. The summed E-state index contributed by atoms with van der Waals surface area (Å²) in [6.07, 6.45) is 4.81. The molecule has 2 unspecified atom stereocenters. The van der Waals surface area contributed by atoms with E-state index in [0.717, 1.165) is 6.42 Å². The molecular formula is C53H46BN3. The largest absolute Gasteiger partial charge is 0.334 e. The molecule has 0 aromatic heterocycles. The third-order valence-corrected chi connectivity index (χ3v) is 15.0. The Labute approximate surface area is 337 Å². The molecule has 0 N–H and O–H groups in total. The van der Waals surface area contributed by atoms with Gasteiger partial charge in [0.1, 0.15) is 0 Å². The Bertz CT molecular complexity index is 2660. The van der Waals surface area contributed by atoms with E-state index in [2.05, 4.69) is 200 Å². The maximum absolute atomic E-state index is 2.78. The van der Waals surface area contributed by atoms with Crippen LogP contribution in [0.25, 0.3) is 11.1 Å². The van der Waals surface area contributed by atoms with Crippen LogP contribution >= 0.6 is 0 Å². The van der Waals surface area contributed by atoms with Crippen molar-refractivity contribution in [3.05, 3.63) is 174 Å². The van der Waals surface area contributed by atoms with Crippen molar-refractivity contribution in [2.75, 3.05) is 14.7 Å². The fourth-order valence-corrected chi connectivity index (χ4v) is 12.1. The number of hydrogen-bond acceptors (Lipinski definition) is 3. The molecule has 0 bridgehead atoms. The van der Waals surface area contributed by atoms with Crippen molar-refractivity contribution in [1.82, 2.24) is 0 Å². The van der Waals surface area contributed by atoms with E-state index in [1.165, 1.54) is 109 Å². The standard InChI is InChI=1S/C53H46BN3/c1-51(2)40-24-16-26-44-48(40)54-49-41(51)25-17-27-45(49)56(38-22-12-7-13-23-38)47-34-39(33-46(50(47)54)55(44)37-20-10-6-11-21-37)57-43-29-28-36(35-18-8-5-9-19-35)32-42(43)52(3)30-14-15-31-53(52,57)4/h5-13,16-29,32-34H,14-15,30-31H2,1-4H3. The van der Waals surface area contributed by atoms with Gasteiger partial charge in [-0.05, 0) is 125 Å². The van der Waals surface area contributed by atoms with Gasteiger partial charge in [0.05, 0.1) is 5.54 Å². The van der Waals surface area contributed by atoms with Crippen molar-refractivity contribution >= 4 is 68.6 Å². The molecule has 0 radical (unpaired) electrons. The first-order chi connectivity index (χ1) is 27.8. The monoisotopic (exact) mass is 735 g/mol. The second kappa shape index (κ2) is 11.5. The third-order valence-electron chi connectivity index (χ3n) is 15.0. The minimum Gasteiger partial charge on any atom is -0.334 e. The van der Waals surface area contributed by atoms with Crippen LogP contribution < -0.4 is 31.1 Å². The van der Waals surface area contributed by atoms with Gasteiger partial charge >= 0.3 is 0 Å². The smallest absolute Gasteiger partial charge is 0.252 e. The molecule has 7 aromatic rings. The molecule has 276 valence electrons. The summed E-state index contributed by atoms with van der Waals surface area (Å²) in [4.78, 5) is 7.96. The normalized spacial score (nSPS) is 21.5. The van der Waals surface area contributed by atoms with Gasteiger partial charge in [-0.2, -0.15) is 0 Å². The Balaban J connectivity index is 1.19. The highest BCUT2D eigenvalue weighted by Gasteiger charge is 2.58. The second-order valence-electron chi connectivity index (χ2n) is 18.0. The van der Waals surface area contributed by atoms with E-state index in [4.69, 9.17) is 0 Å². The topological polar surface area (TPSA) is 9.72 Å². The van der Waals surface area contributed by atoms with Crippen LogP contribution in [0.15, 0.2) is 158 Å². The molecular weight excluding hydrogens is 689 g/mol. The van der Waals surface area contributed by atoms with Crippen molar-refractivity contribution < 1.29 is 0 Å². The number of nitrogens with zero attached hydrogens (tertiary/aromatic N) is 3. The highest BCUT2D eigenvalue weighted by atomic mass is 15.3. The van der Waals surface area contributed by atoms with Gasteiger partial charge in [0.2, 0.25) is 0 Å². The molecule has 1 aliphatic carbocycles. The molecule has 4 aliphatic heterocycles. The van der Waals surface area contributed by atoms with Crippen molar-refractivity contribution in [2.24, 2.45) is 0 Å². The van der Waals surface area contributed by atoms with Gasteiger partial charge in [-0.1, -0.05) is 131 Å². The van der Waals surface area contributed by atoms with Crippen LogP contribution in [-0.2, 0) is 10.8 Å². The van der Waals surface area contributed by atoms with E-state index in [1.54, 1.807) is 0 Å². The summed E-state index contributed by atoms with van der Waals surface area (Å²) in [5, 5.41) is 0. The number of hydrogen-bond donors (Lipinski definition) is 0. The van der Waals surface area contributed by atoms with Crippen molar-refractivity contribution in [3.8, 4) is 11.1 Å². The van der Waals surface area contributed by atoms with Crippen LogP contribution in [0.4, 0.5) is 45.5 Å². The van der Waals surface area contributed by atoms with E-state index >= 15 is 0 Å². The van der Waals surface area contributed by atoms with Crippen molar-refractivity contribution in [3.63, 3.8) is 0 Å². The third kappa shape index (κ3) is 4.23. The Kier molecular flexibility index (Phi) is 6.72. The molecule has 1 fully saturated rings. The molecule has 0 saturated heterocycles. The number of para-hydroxylation sites is 2. The lowest BCUT2D eigenvalue weighted by Gasteiger charge is -2.52. The van der Waals surface area contributed by atoms with Gasteiger partial charge in [-0.15, -0.1) is 0 Å². The second-order valence-corrected chi connectivity index (χ2v) is 18.0. The van der Waals surface area contributed by atoms with Gasteiger partial charge < -0.3 is 14.7 Å². The summed E-state index contributed by atoms with van der Waals surface area (Å²) in [6, 6.07) is 59.8. The molecule has 5 aliphatic rings. The molecule has 2 atom stereocenters. The lowest BCUT2D eigenvalue weighted by atomic mass is 9.28. The van der Waals surface area contributed by atoms with Crippen molar-refractivity contribution in [2.45, 2.75) is 69.7 Å². The van der Waals surface area contributed by atoms with Crippen LogP contribution in [0, 0.1) is 0 Å². The predicted octanol–water partition coefficient (Wildman–Crippen LogP) is 11.8. The first-order valence-electron chi connectivity index (χ1n) is 20.9. The molecule has 3 nitrogen and oxygen atoms in total. The predicted molar refractivity (Wildman–Crippen MR) is 241 cm³/mol. The van der Waals surface area contributed by atoms with Crippen LogP contribution in [0.5, 0.6) is 0 Å². The molecule has 7 aromatic carbocycles. The minimum absolute atomic E-state index is 0.00526. The summed E-state index contributed by atoms with van der Waals surface area (Å²) >= 11 is 0. The maximum atomic E-state index is 2.78. The first-order valence-corrected chi connectivity index (χ1v) is 20.9. The molecule has 0 spiro atoms. The highest BCUT2D eigenvalue weighted by molar-refractivity contribution is 7.01. The first kappa shape index (κ1) is 33.2. The molecule has 4 heterocycles. The summed E-state index contributed by atoms with van der Waals surface area (Å²) < 4.78 is 0. The van der Waals surface area contributed by atoms with Crippen LogP contribution in [0.3, 0.4) is 0 Å². The highest BCUT2D eigenvalue weighted by Crippen LogP contribution is 2.62. The van der Waals surface area contributed by atoms with E-state index in [-0.39, 0.29) is 23.1 Å². The van der Waals surface area contributed by atoms with Crippen LogP contribution in [0.1, 0.15) is 70.1 Å². The Morgan fingerprint density at radius 1 is 0.421 bits per heavy atom. The Morgan fingerprint density at radius 3 is 1.54 bits per heavy atom. The van der Waals surface area contributed by atoms with E-state index in [1.807, 2.05) is 0 Å². The Morgan fingerprint density at radius 2 is 0.965 bits per heavy atom. The number of benzene rings is 7. The summed E-state index contributed by atoms with van der Waals surface area (Å²) in [6.45, 7) is 10.1. The average molecular weight is 736 g/mol. The van der Waals surface area contributed by atoms with Gasteiger partial charge in [0.25, 0.3) is 6.71 Å². The van der Waals surface area contributed by atoms with Crippen molar-refractivity contribution in [1.29, 1.82) is 0 Å². The lowest BCUT2D eigenvalue weighted by molar-refractivity contribution is 0.195. The average Bonchev–Trinajstić information content (AvgIpc) is 3.46. The molecule has 0 amide bonds. The molecule has 57 heavy (non-hydrogen) atoms. The summed E-state index contributed by atoms with van der Waals surface area (Å²) in [5.74, 6) is 0. The van der Waals surface area contributed by atoms with E-state index in [0.29, 0.717) is 0 Å². The zero-order chi connectivity index (χ0) is 38.3.